The summed E-state index contributed by atoms with van der Waals surface area (Å²) >= 11 is 0. The fraction of sp³-hybridized carbons (Fsp3) is 0.302. The van der Waals surface area contributed by atoms with Crippen LogP contribution < -0.4 is 0 Å². The SMILES string of the molecule is O=C(O)[C@@H]1CSSC[C@@H](C(=O)O)N2C(=O)c3ccc4c5c(ccc(c35)C2=O)C(=O)N(CCCCCCCCCN2C(=O)c3ccc5c6c(ccc(c36)C2=O)C(=O)N1C5=O)C4=O. The minimum atomic E-state index is -1.76. The van der Waals surface area contributed by atoms with Crippen molar-refractivity contribution in [2.75, 3.05) is 24.6 Å². The quantitative estimate of drug-likeness (QED) is 0.198. The number of carbonyl (C=O) groups excluding carboxylic acids is 8. The Morgan fingerprint density at radius 3 is 0.869 bits per heavy atom. The number of imide groups is 4. The molecule has 18 aliphatic rings. The van der Waals surface area contributed by atoms with Crippen LogP contribution in [0.1, 0.15) is 128 Å². The van der Waals surface area contributed by atoms with E-state index in [1.807, 2.05) is 0 Å². The molecule has 18 aliphatic heterocycles. The van der Waals surface area contributed by atoms with Gasteiger partial charge in [-0.05, 0) is 61.4 Å². The lowest BCUT2D eigenvalue weighted by atomic mass is 9.85. The third-order valence-electron chi connectivity index (χ3n) is 12.0. The molecule has 8 amide bonds. The van der Waals surface area contributed by atoms with Crippen LogP contribution in [-0.4, -0.2) is 126 Å². The maximum absolute atomic E-state index is 14.0. The molecule has 4 aromatic rings. The second-order valence-corrected chi connectivity index (χ2v) is 17.9. The smallest absolute Gasteiger partial charge is 0.327 e. The molecule has 0 saturated carbocycles. The van der Waals surface area contributed by atoms with E-state index in [4.69, 9.17) is 0 Å². The molecule has 0 radical (unpaired) electrons. The van der Waals surface area contributed by atoms with Crippen molar-refractivity contribution in [2.45, 2.75) is 57.0 Å². The second kappa shape index (κ2) is 15.3. The number of carboxylic acid groups (broad SMARTS) is 2. The Labute approximate surface area is 353 Å². The van der Waals surface area contributed by atoms with Crippen LogP contribution >= 0.6 is 21.6 Å². The van der Waals surface area contributed by atoms with Crippen LogP contribution in [0.3, 0.4) is 0 Å². The Kier molecular flexibility index (Phi) is 10.0. The van der Waals surface area contributed by atoms with Crippen molar-refractivity contribution in [3.05, 3.63) is 93.0 Å². The lowest BCUT2D eigenvalue weighted by Crippen LogP contribution is -2.52. The largest absolute Gasteiger partial charge is 0.480 e. The van der Waals surface area contributed by atoms with Gasteiger partial charge in [-0.2, -0.15) is 0 Å². The van der Waals surface area contributed by atoms with Gasteiger partial charge in [0.2, 0.25) is 0 Å². The van der Waals surface area contributed by atoms with E-state index in [-0.39, 0.29) is 79.1 Å². The second-order valence-electron chi connectivity index (χ2n) is 15.4. The minimum Gasteiger partial charge on any atom is -0.480 e. The van der Waals surface area contributed by atoms with Crippen LogP contribution in [0.15, 0.2) is 48.5 Å². The van der Waals surface area contributed by atoms with Crippen molar-refractivity contribution < 1.29 is 58.2 Å². The molecule has 0 aromatic heterocycles. The first kappa shape index (κ1) is 40.0. The summed E-state index contributed by atoms with van der Waals surface area (Å²) in [5.41, 5.74) is 0.270. The monoisotopic (exact) mass is 862 g/mol. The number of rotatable bonds is 2. The summed E-state index contributed by atoms with van der Waals surface area (Å²) in [6.45, 7) is 0.293. The van der Waals surface area contributed by atoms with Crippen LogP contribution in [0, 0.1) is 0 Å². The van der Waals surface area contributed by atoms with Crippen LogP contribution in [0.4, 0.5) is 0 Å². The van der Waals surface area contributed by atoms with Gasteiger partial charge in [-0.1, -0.05) is 53.7 Å². The highest BCUT2D eigenvalue weighted by atomic mass is 33.1. The van der Waals surface area contributed by atoms with Crippen molar-refractivity contribution in [1.29, 1.82) is 0 Å². The lowest BCUT2D eigenvalue weighted by molar-refractivity contribution is -0.141. The Hall–Kier alpha value is -6.40. The zero-order chi connectivity index (χ0) is 43.0. The zero-order valence-corrected chi connectivity index (χ0v) is 33.8. The van der Waals surface area contributed by atoms with E-state index in [0.29, 0.717) is 35.5 Å². The van der Waals surface area contributed by atoms with E-state index >= 15 is 0 Å². The Bertz CT molecular complexity index is 2440. The van der Waals surface area contributed by atoms with Gasteiger partial charge < -0.3 is 10.2 Å². The van der Waals surface area contributed by atoms with E-state index in [1.54, 1.807) is 0 Å². The molecule has 2 N–H and O–H groups in total. The first-order valence-corrected chi connectivity index (χ1v) is 22.2. The van der Waals surface area contributed by atoms with Crippen LogP contribution in [0.2, 0.25) is 0 Å². The highest BCUT2D eigenvalue weighted by Gasteiger charge is 2.46. The van der Waals surface area contributed by atoms with Gasteiger partial charge in [-0.15, -0.1) is 0 Å². The van der Waals surface area contributed by atoms with Gasteiger partial charge in [0, 0.05) is 90.6 Å². The van der Waals surface area contributed by atoms with Gasteiger partial charge in [0.1, 0.15) is 12.1 Å². The predicted octanol–water partition coefficient (Wildman–Crippen LogP) is 5.11. The van der Waals surface area contributed by atoms with Gasteiger partial charge in [0.15, 0.2) is 0 Å². The van der Waals surface area contributed by atoms with Crippen LogP contribution in [0.5, 0.6) is 0 Å². The van der Waals surface area contributed by atoms with Gasteiger partial charge in [-0.3, -0.25) is 58.0 Å². The molecule has 18 heterocycles. The number of carboxylic acids is 2. The number of nitrogens with zero attached hydrogens (tertiary/aromatic N) is 4. The molecular weight excluding hydrogens is 829 g/mol. The van der Waals surface area contributed by atoms with Crippen molar-refractivity contribution in [2.24, 2.45) is 0 Å². The average Bonchev–Trinajstić information content (AvgIpc) is 3.23. The lowest BCUT2D eigenvalue weighted by Gasteiger charge is -2.34. The third-order valence-corrected chi connectivity index (χ3v) is 14.4. The van der Waals surface area contributed by atoms with E-state index < -0.39 is 82.8 Å². The number of carbonyl (C=O) groups is 10. The molecule has 0 saturated heterocycles. The van der Waals surface area contributed by atoms with Crippen LogP contribution in [-0.2, 0) is 9.59 Å². The molecule has 4 aromatic carbocycles. The average molecular weight is 863 g/mol. The van der Waals surface area contributed by atoms with Gasteiger partial charge >= 0.3 is 11.9 Å². The molecular formula is C43H34N4O12S2. The molecule has 18 heteroatoms. The van der Waals surface area contributed by atoms with Crippen molar-refractivity contribution >= 4 is 102 Å². The summed E-state index contributed by atoms with van der Waals surface area (Å²) in [6.07, 6.45) is 4.91. The van der Waals surface area contributed by atoms with Gasteiger partial charge in [-0.25, -0.2) is 9.59 Å². The molecule has 22 rings (SSSR count). The maximum atomic E-state index is 14.0. The minimum absolute atomic E-state index is 0.0667. The van der Waals surface area contributed by atoms with Gasteiger partial charge in [0.05, 0.1) is 0 Å². The molecule has 61 heavy (non-hydrogen) atoms. The van der Waals surface area contributed by atoms with E-state index in [1.165, 1.54) is 48.5 Å². The molecule has 16 bridgehead atoms. The molecule has 16 nitrogen and oxygen atoms in total. The highest BCUT2D eigenvalue weighted by molar-refractivity contribution is 8.76. The van der Waals surface area contributed by atoms with E-state index in [2.05, 4.69) is 0 Å². The number of benzene rings is 4. The first-order chi connectivity index (χ1) is 29.3. The topological polar surface area (TPSA) is 224 Å². The summed E-state index contributed by atoms with van der Waals surface area (Å²) < 4.78 is 0. The fourth-order valence-electron chi connectivity index (χ4n) is 9.02. The molecule has 0 fully saturated rings. The van der Waals surface area contributed by atoms with E-state index in [9.17, 15) is 58.2 Å². The number of hydrogen-bond acceptors (Lipinski definition) is 12. The zero-order valence-electron chi connectivity index (χ0n) is 32.1. The fourth-order valence-corrected chi connectivity index (χ4v) is 11.4. The highest BCUT2D eigenvalue weighted by Crippen LogP contribution is 2.41. The van der Waals surface area contributed by atoms with Crippen molar-refractivity contribution in [3.63, 3.8) is 0 Å². The number of hydrogen-bond donors (Lipinski definition) is 2. The summed E-state index contributed by atoms with van der Waals surface area (Å²) in [6, 6.07) is 7.45. The van der Waals surface area contributed by atoms with Crippen molar-refractivity contribution in [3.8, 4) is 0 Å². The number of aliphatic carboxylic acids is 2. The molecule has 2 atom stereocenters. The molecule has 310 valence electrons. The third kappa shape index (κ3) is 6.13. The standard InChI is InChI=1S/C43H34N4O12S2/c48-34-20-8-12-24-32-25-13-9-21(30(20)32)35(49)44(34)16-6-4-2-1-3-5-7-17-45-36(50)22-10-14-26-33-27(15-11-23(31(22)33)37(45)51)41(55)47(40(26)54)29(43(58)59)19-61-60-18-28(42(56)57)46(38(24)52)39(25)53/h8-15,28-29H,1-7,16-19H2,(H,56,57)(H,58,59)/t28-,29-/m0/s1. The van der Waals surface area contributed by atoms with E-state index in [0.717, 1.165) is 50.7 Å². The maximum Gasteiger partial charge on any atom is 0.327 e. The summed E-state index contributed by atoms with van der Waals surface area (Å²) in [4.78, 5) is 140. The Balaban J connectivity index is 1.04. The predicted molar refractivity (Wildman–Crippen MR) is 220 cm³/mol. The summed E-state index contributed by atoms with van der Waals surface area (Å²) in [5, 5.41) is 21.1. The Morgan fingerprint density at radius 1 is 0.393 bits per heavy atom. The first-order valence-electron chi connectivity index (χ1n) is 19.7. The van der Waals surface area contributed by atoms with Crippen LogP contribution in [0.25, 0.3) is 21.5 Å². The normalized spacial score (nSPS) is 21.3. The summed E-state index contributed by atoms with van der Waals surface area (Å²) in [7, 11) is 1.61. The molecule has 0 unspecified atom stereocenters. The Morgan fingerprint density at radius 2 is 0.623 bits per heavy atom. The molecule has 0 spiro atoms. The van der Waals surface area contributed by atoms with Gasteiger partial charge in [0.25, 0.3) is 47.3 Å². The summed E-state index contributed by atoms with van der Waals surface area (Å²) in [5.74, 6) is -10.1. The number of amides is 8. The van der Waals surface area contributed by atoms with Crippen molar-refractivity contribution in [1.82, 2.24) is 19.6 Å². The molecule has 0 aliphatic carbocycles.